The number of anilines is 2. The fraction of sp³-hybridized carbons (Fsp3) is 0.200. The third kappa shape index (κ3) is 5.09. The number of rotatable bonds is 7. The van der Waals surface area contributed by atoms with Crippen LogP contribution in [0.2, 0.25) is 0 Å². The molecule has 4 rings (SSSR count). The van der Waals surface area contributed by atoms with E-state index in [4.69, 9.17) is 4.74 Å². The summed E-state index contributed by atoms with van der Waals surface area (Å²) in [6.45, 7) is 3.09. The number of carbonyl (C=O) groups is 1. The second-order valence-electron chi connectivity index (χ2n) is 8.16. The zero-order valence-corrected chi connectivity index (χ0v) is 18.9. The number of ether oxygens (including phenoxy) is 1. The van der Waals surface area contributed by atoms with Crippen LogP contribution >= 0.6 is 0 Å². The molecular weight excluding hydrogens is 440 g/mol. The number of methoxy groups -OCH3 is 1. The van der Waals surface area contributed by atoms with Crippen molar-refractivity contribution in [2.75, 3.05) is 12.4 Å². The van der Waals surface area contributed by atoms with Gasteiger partial charge in [0.25, 0.3) is 0 Å². The summed E-state index contributed by atoms with van der Waals surface area (Å²) >= 11 is 0. The molecule has 0 saturated carbocycles. The third-order valence-corrected chi connectivity index (χ3v) is 5.25. The fourth-order valence-corrected chi connectivity index (χ4v) is 3.39. The van der Waals surface area contributed by atoms with E-state index in [1.165, 1.54) is 31.8 Å². The van der Waals surface area contributed by atoms with Crippen molar-refractivity contribution in [3.63, 3.8) is 0 Å². The minimum atomic E-state index is -1.45. The van der Waals surface area contributed by atoms with E-state index in [0.29, 0.717) is 33.6 Å². The first-order valence-corrected chi connectivity index (χ1v) is 10.5. The maximum Gasteiger partial charge on any atom is 0.337 e. The van der Waals surface area contributed by atoms with Crippen molar-refractivity contribution in [3.05, 3.63) is 89.2 Å². The zero-order chi connectivity index (χ0) is 24.3. The molecular formula is C25H23F2N5O2. The largest absolute Gasteiger partial charge is 0.465 e. The smallest absolute Gasteiger partial charge is 0.337 e. The lowest BCUT2D eigenvalue weighted by molar-refractivity contribution is 0.0601. The highest BCUT2D eigenvalue weighted by molar-refractivity contribution is 5.93. The van der Waals surface area contributed by atoms with Gasteiger partial charge in [-0.2, -0.15) is 4.80 Å². The van der Waals surface area contributed by atoms with E-state index in [0.717, 1.165) is 0 Å². The molecule has 0 atom stereocenters. The lowest BCUT2D eigenvalue weighted by atomic mass is 10.00. The highest BCUT2D eigenvalue weighted by Crippen LogP contribution is 2.31. The lowest BCUT2D eigenvalue weighted by Gasteiger charge is -2.16. The van der Waals surface area contributed by atoms with Gasteiger partial charge in [-0.3, -0.25) is 0 Å². The molecule has 34 heavy (non-hydrogen) atoms. The Morgan fingerprint density at radius 3 is 2.50 bits per heavy atom. The third-order valence-electron chi connectivity index (χ3n) is 5.25. The molecule has 0 spiro atoms. The van der Waals surface area contributed by atoms with Crippen LogP contribution in [-0.2, 0) is 17.0 Å². The molecule has 7 nitrogen and oxygen atoms in total. The average Bonchev–Trinajstić information content (AvgIpc) is 3.28. The van der Waals surface area contributed by atoms with Gasteiger partial charge in [-0.05, 0) is 61.0 Å². The molecule has 0 saturated heterocycles. The van der Waals surface area contributed by atoms with Crippen molar-refractivity contribution in [1.29, 1.82) is 0 Å². The topological polar surface area (TPSA) is 81.9 Å². The van der Waals surface area contributed by atoms with Crippen LogP contribution in [0.4, 0.5) is 20.2 Å². The Bertz CT molecular complexity index is 1310. The van der Waals surface area contributed by atoms with Gasteiger partial charge >= 0.3 is 5.97 Å². The molecule has 1 aromatic heterocycles. The van der Waals surface area contributed by atoms with E-state index in [2.05, 4.69) is 20.7 Å². The first-order valence-electron chi connectivity index (χ1n) is 10.5. The summed E-state index contributed by atoms with van der Waals surface area (Å²) in [6, 6.07) is 18.2. The molecule has 0 fully saturated rings. The number of benzene rings is 3. The van der Waals surface area contributed by atoms with Gasteiger partial charge in [0, 0.05) is 22.5 Å². The number of halogens is 2. The molecule has 0 aliphatic carbocycles. The number of alkyl halides is 1. The molecule has 0 aliphatic rings. The number of tetrazole rings is 1. The Morgan fingerprint density at radius 2 is 1.82 bits per heavy atom. The molecule has 0 radical (unpaired) electrons. The van der Waals surface area contributed by atoms with E-state index in [1.54, 1.807) is 60.7 Å². The van der Waals surface area contributed by atoms with Gasteiger partial charge in [0.2, 0.25) is 5.82 Å². The van der Waals surface area contributed by atoms with Crippen molar-refractivity contribution in [2.45, 2.75) is 26.1 Å². The predicted molar refractivity (Wildman–Crippen MR) is 124 cm³/mol. The number of aromatic nitrogens is 4. The summed E-state index contributed by atoms with van der Waals surface area (Å²) in [5.41, 5.74) is 1.64. The van der Waals surface area contributed by atoms with E-state index in [9.17, 15) is 13.6 Å². The van der Waals surface area contributed by atoms with Crippen LogP contribution in [0.1, 0.15) is 35.3 Å². The van der Waals surface area contributed by atoms with Gasteiger partial charge in [0.05, 0.1) is 19.2 Å². The Morgan fingerprint density at radius 1 is 1.09 bits per heavy atom. The number of carbonyl (C=O) groups excluding carboxylic acids is 1. The normalized spacial score (nSPS) is 11.3. The van der Waals surface area contributed by atoms with Crippen LogP contribution in [0, 0.1) is 5.82 Å². The average molecular weight is 463 g/mol. The van der Waals surface area contributed by atoms with Crippen LogP contribution in [0.15, 0.2) is 66.7 Å². The summed E-state index contributed by atoms with van der Waals surface area (Å²) in [7, 11) is 1.30. The zero-order valence-electron chi connectivity index (χ0n) is 18.9. The van der Waals surface area contributed by atoms with Crippen molar-refractivity contribution in [3.8, 4) is 11.4 Å². The molecule has 1 heterocycles. The van der Waals surface area contributed by atoms with Gasteiger partial charge in [-0.1, -0.05) is 30.3 Å². The molecule has 9 heteroatoms. The molecule has 0 aliphatic heterocycles. The molecule has 0 amide bonds. The van der Waals surface area contributed by atoms with E-state index in [1.807, 2.05) is 0 Å². The minimum absolute atomic E-state index is 0.0968. The van der Waals surface area contributed by atoms with Crippen LogP contribution in [0.3, 0.4) is 0 Å². The van der Waals surface area contributed by atoms with Gasteiger partial charge in [-0.15, -0.1) is 10.2 Å². The maximum atomic E-state index is 14.2. The Balaban J connectivity index is 1.67. The molecule has 1 N–H and O–H groups in total. The summed E-state index contributed by atoms with van der Waals surface area (Å²) in [5.74, 6) is -0.636. The Hall–Kier alpha value is -4.14. The summed E-state index contributed by atoms with van der Waals surface area (Å²) in [5, 5.41) is 15.8. The number of nitrogens with zero attached hydrogens (tertiary/aromatic N) is 4. The number of hydrogen-bond donors (Lipinski definition) is 1. The SMILES string of the molecule is COC(=O)c1ccc(Nc2ccc(C(C)(C)F)cc2)c(-c2nnn(Cc3ccccc3F)n2)c1. The van der Waals surface area contributed by atoms with Crippen molar-refractivity contribution in [1.82, 2.24) is 20.2 Å². The molecule has 0 bridgehead atoms. The number of hydrogen-bond acceptors (Lipinski definition) is 6. The van der Waals surface area contributed by atoms with Crippen molar-refractivity contribution >= 4 is 17.3 Å². The molecule has 3 aromatic carbocycles. The Kier molecular flexibility index (Phi) is 6.36. The second kappa shape index (κ2) is 9.38. The van der Waals surface area contributed by atoms with Crippen LogP contribution in [-0.4, -0.2) is 33.3 Å². The first-order chi connectivity index (χ1) is 16.2. The van der Waals surface area contributed by atoms with Gasteiger partial charge in [0.15, 0.2) is 0 Å². The van der Waals surface area contributed by atoms with Crippen LogP contribution < -0.4 is 5.32 Å². The van der Waals surface area contributed by atoms with Crippen molar-refractivity contribution < 1.29 is 18.3 Å². The number of nitrogens with one attached hydrogen (secondary N) is 1. The van der Waals surface area contributed by atoms with E-state index >= 15 is 0 Å². The first kappa shape index (κ1) is 23.0. The quantitative estimate of drug-likeness (QED) is 0.377. The maximum absolute atomic E-state index is 14.2. The summed E-state index contributed by atoms with van der Waals surface area (Å²) in [4.78, 5) is 13.4. The van der Waals surface area contributed by atoms with E-state index in [-0.39, 0.29) is 18.2 Å². The lowest BCUT2D eigenvalue weighted by Crippen LogP contribution is -2.08. The van der Waals surface area contributed by atoms with Crippen LogP contribution in [0.5, 0.6) is 0 Å². The fourth-order valence-electron chi connectivity index (χ4n) is 3.39. The summed E-state index contributed by atoms with van der Waals surface area (Å²) in [6.07, 6.45) is 0. The van der Waals surface area contributed by atoms with Gasteiger partial charge in [-0.25, -0.2) is 13.6 Å². The highest BCUT2D eigenvalue weighted by atomic mass is 19.1. The molecule has 0 unspecified atom stereocenters. The van der Waals surface area contributed by atoms with Crippen LogP contribution in [0.25, 0.3) is 11.4 Å². The molecule has 174 valence electrons. The van der Waals surface area contributed by atoms with Crippen molar-refractivity contribution in [2.24, 2.45) is 0 Å². The minimum Gasteiger partial charge on any atom is -0.465 e. The standard InChI is InChI=1S/C25H23F2N5O2/c1-25(2,27)18-9-11-19(12-10-18)28-22-13-8-16(24(33)34-3)14-20(22)23-29-31-32(30-23)15-17-6-4-5-7-21(17)26/h4-14,28H,15H2,1-3H3. The number of esters is 1. The highest BCUT2D eigenvalue weighted by Gasteiger charge is 2.19. The summed E-state index contributed by atoms with van der Waals surface area (Å²) < 4.78 is 33.0. The van der Waals surface area contributed by atoms with Gasteiger partial charge in [0.1, 0.15) is 11.5 Å². The monoisotopic (exact) mass is 463 g/mol. The van der Waals surface area contributed by atoms with Gasteiger partial charge < -0.3 is 10.1 Å². The predicted octanol–water partition coefficient (Wildman–Crippen LogP) is 5.26. The van der Waals surface area contributed by atoms with E-state index < -0.39 is 11.6 Å². The molecule has 4 aromatic rings. The second-order valence-corrected chi connectivity index (χ2v) is 8.16. The Labute approximate surface area is 195 Å².